The average Bonchev–Trinajstić information content (AvgIpc) is 3.27. The molecule has 7 nitrogen and oxygen atoms in total. The van der Waals surface area contributed by atoms with Crippen molar-refractivity contribution in [3.8, 4) is 0 Å². The van der Waals surface area contributed by atoms with Crippen LogP contribution in [0.3, 0.4) is 0 Å². The highest BCUT2D eigenvalue weighted by Crippen LogP contribution is 2.21. The Hall–Kier alpha value is -2.97. The molecule has 0 bridgehead atoms. The van der Waals surface area contributed by atoms with E-state index in [1.807, 2.05) is 31.2 Å². The molecule has 2 N–H and O–H groups in total. The lowest BCUT2D eigenvalue weighted by Gasteiger charge is -2.15. The highest BCUT2D eigenvalue weighted by molar-refractivity contribution is 7.89. The zero-order valence-corrected chi connectivity index (χ0v) is 16.9. The maximum atomic E-state index is 12.5. The largest absolute Gasteiger partial charge is 0.269 e. The van der Waals surface area contributed by atoms with Gasteiger partial charge < -0.3 is 0 Å². The molecule has 0 atom stereocenters. The maximum absolute atomic E-state index is 12.5. The van der Waals surface area contributed by atoms with E-state index in [9.17, 15) is 18.0 Å². The Bertz CT molecular complexity index is 1010. The Morgan fingerprint density at radius 2 is 1.55 bits per heavy atom. The smallest absolute Gasteiger partial charge is 0.268 e. The van der Waals surface area contributed by atoms with Crippen LogP contribution in [0.5, 0.6) is 0 Å². The van der Waals surface area contributed by atoms with Gasteiger partial charge in [-0.25, -0.2) is 8.42 Å². The van der Waals surface area contributed by atoms with Gasteiger partial charge in [-0.05, 0) is 55.7 Å². The van der Waals surface area contributed by atoms with Gasteiger partial charge in [-0.1, -0.05) is 29.8 Å². The third-order valence-electron chi connectivity index (χ3n) is 4.62. The van der Waals surface area contributed by atoms with Gasteiger partial charge in [0.05, 0.1) is 4.90 Å². The van der Waals surface area contributed by atoms with Gasteiger partial charge in [0.2, 0.25) is 10.0 Å². The molecule has 2 aromatic carbocycles. The molecule has 0 aromatic heterocycles. The predicted octanol–water partition coefficient (Wildman–Crippen LogP) is 2.25. The monoisotopic (exact) mass is 413 g/mol. The quantitative estimate of drug-likeness (QED) is 0.581. The van der Waals surface area contributed by atoms with Crippen LogP contribution in [0.1, 0.15) is 34.3 Å². The lowest BCUT2D eigenvalue weighted by atomic mass is 10.1. The molecule has 0 radical (unpaired) electrons. The summed E-state index contributed by atoms with van der Waals surface area (Å²) in [6.45, 7) is 3.02. The fourth-order valence-corrected chi connectivity index (χ4v) is 4.45. The van der Waals surface area contributed by atoms with E-state index in [-0.39, 0.29) is 10.5 Å². The number of benzene rings is 2. The summed E-state index contributed by atoms with van der Waals surface area (Å²) in [5.41, 5.74) is 6.84. The topological polar surface area (TPSA) is 95.6 Å². The summed E-state index contributed by atoms with van der Waals surface area (Å²) in [6.07, 6.45) is 4.67. The first kappa shape index (κ1) is 20.8. The SMILES string of the molecule is Cc1ccc(/C=C/C(=O)NNC(=O)c2ccc(S(=O)(=O)N3CCCC3)cc2)cc1. The average molecular weight is 413 g/mol. The first-order chi connectivity index (χ1) is 13.9. The Kier molecular flexibility index (Phi) is 6.46. The van der Waals surface area contributed by atoms with Crippen LogP contribution in [0.2, 0.25) is 0 Å². The molecule has 0 unspecified atom stereocenters. The minimum Gasteiger partial charge on any atom is -0.268 e. The molecule has 1 aliphatic heterocycles. The van der Waals surface area contributed by atoms with Crippen molar-refractivity contribution in [2.75, 3.05) is 13.1 Å². The van der Waals surface area contributed by atoms with Crippen LogP contribution < -0.4 is 10.9 Å². The number of hydrogen-bond acceptors (Lipinski definition) is 4. The van der Waals surface area contributed by atoms with Gasteiger partial charge in [0, 0.05) is 24.7 Å². The normalized spacial score (nSPS) is 14.8. The molecule has 29 heavy (non-hydrogen) atoms. The second-order valence-corrected chi connectivity index (χ2v) is 8.76. The zero-order chi connectivity index (χ0) is 20.9. The number of hydrogen-bond donors (Lipinski definition) is 2. The number of amides is 2. The van der Waals surface area contributed by atoms with Crippen LogP contribution in [0.15, 0.2) is 59.5 Å². The van der Waals surface area contributed by atoms with Crippen LogP contribution in [-0.4, -0.2) is 37.6 Å². The fraction of sp³-hybridized carbons (Fsp3) is 0.238. The van der Waals surface area contributed by atoms with E-state index in [1.54, 1.807) is 6.08 Å². The zero-order valence-electron chi connectivity index (χ0n) is 16.1. The third-order valence-corrected chi connectivity index (χ3v) is 6.54. The van der Waals surface area contributed by atoms with E-state index in [1.165, 1.54) is 34.6 Å². The lowest BCUT2D eigenvalue weighted by Crippen LogP contribution is -2.40. The molecule has 1 fully saturated rings. The summed E-state index contributed by atoms with van der Waals surface area (Å²) in [5, 5.41) is 0. The van der Waals surface area contributed by atoms with E-state index in [4.69, 9.17) is 0 Å². The molecular weight excluding hydrogens is 390 g/mol. The minimum absolute atomic E-state index is 0.154. The molecule has 0 aliphatic carbocycles. The standard InChI is InChI=1S/C21H23N3O4S/c1-16-4-6-17(7-5-16)8-13-20(25)22-23-21(26)18-9-11-19(12-10-18)29(27,28)24-14-2-3-15-24/h4-13H,2-3,14-15H2,1H3,(H,22,25)(H,23,26)/b13-8+. The Balaban J connectivity index is 1.55. The van der Waals surface area contributed by atoms with E-state index in [2.05, 4.69) is 10.9 Å². The first-order valence-corrected chi connectivity index (χ1v) is 10.8. The Morgan fingerprint density at radius 1 is 0.931 bits per heavy atom. The number of aryl methyl sites for hydroxylation is 1. The number of nitrogens with one attached hydrogen (secondary N) is 2. The molecule has 1 aliphatic rings. The summed E-state index contributed by atoms with van der Waals surface area (Å²) in [5.74, 6) is -1.01. The van der Waals surface area contributed by atoms with Crippen molar-refractivity contribution in [2.45, 2.75) is 24.7 Å². The van der Waals surface area contributed by atoms with Crippen LogP contribution in [0.25, 0.3) is 6.08 Å². The van der Waals surface area contributed by atoms with Gasteiger partial charge in [-0.2, -0.15) is 4.31 Å². The molecule has 2 amide bonds. The molecule has 0 saturated carbocycles. The third kappa shape index (κ3) is 5.30. The van der Waals surface area contributed by atoms with Gasteiger partial charge >= 0.3 is 0 Å². The molecule has 3 rings (SSSR count). The van der Waals surface area contributed by atoms with Gasteiger partial charge in [-0.3, -0.25) is 20.4 Å². The maximum Gasteiger partial charge on any atom is 0.269 e. The van der Waals surface area contributed by atoms with Crippen molar-refractivity contribution in [1.29, 1.82) is 0 Å². The minimum atomic E-state index is -3.52. The summed E-state index contributed by atoms with van der Waals surface area (Å²) < 4.78 is 26.4. The molecule has 152 valence electrons. The lowest BCUT2D eigenvalue weighted by molar-refractivity contribution is -0.117. The second kappa shape index (κ2) is 9.02. The number of rotatable bonds is 5. The van der Waals surface area contributed by atoms with E-state index >= 15 is 0 Å². The summed E-state index contributed by atoms with van der Waals surface area (Å²) in [4.78, 5) is 24.2. The van der Waals surface area contributed by atoms with Crippen LogP contribution in [-0.2, 0) is 14.8 Å². The molecule has 0 spiro atoms. The summed E-state index contributed by atoms with van der Waals surface area (Å²) in [7, 11) is -3.52. The Morgan fingerprint density at radius 3 is 2.17 bits per heavy atom. The van der Waals surface area contributed by atoms with E-state index < -0.39 is 21.8 Å². The number of sulfonamides is 1. The number of carbonyl (C=O) groups excluding carboxylic acids is 2. The van der Waals surface area contributed by atoms with Crippen LogP contribution >= 0.6 is 0 Å². The Labute approximate surface area is 170 Å². The predicted molar refractivity (Wildman–Crippen MR) is 110 cm³/mol. The molecule has 1 saturated heterocycles. The molecular formula is C21H23N3O4S. The second-order valence-electron chi connectivity index (χ2n) is 6.82. The van der Waals surface area contributed by atoms with Crippen LogP contribution in [0, 0.1) is 6.92 Å². The van der Waals surface area contributed by atoms with E-state index in [0.717, 1.165) is 24.0 Å². The summed E-state index contributed by atoms with van der Waals surface area (Å²) in [6, 6.07) is 13.3. The van der Waals surface area contributed by atoms with Crippen LogP contribution in [0.4, 0.5) is 0 Å². The van der Waals surface area contributed by atoms with Crippen molar-refractivity contribution >= 4 is 27.9 Å². The van der Waals surface area contributed by atoms with Crippen molar-refractivity contribution in [2.24, 2.45) is 0 Å². The van der Waals surface area contributed by atoms with Gasteiger partial charge in [0.1, 0.15) is 0 Å². The number of hydrazine groups is 1. The highest BCUT2D eigenvalue weighted by atomic mass is 32.2. The van der Waals surface area contributed by atoms with Crippen molar-refractivity contribution in [3.63, 3.8) is 0 Å². The van der Waals surface area contributed by atoms with E-state index in [0.29, 0.717) is 13.1 Å². The number of carbonyl (C=O) groups is 2. The molecule has 2 aromatic rings. The molecule has 1 heterocycles. The molecule has 8 heteroatoms. The van der Waals surface area contributed by atoms with Crippen molar-refractivity contribution < 1.29 is 18.0 Å². The fourth-order valence-electron chi connectivity index (χ4n) is 2.94. The highest BCUT2D eigenvalue weighted by Gasteiger charge is 2.27. The van der Waals surface area contributed by atoms with Gasteiger partial charge in [0.15, 0.2) is 0 Å². The van der Waals surface area contributed by atoms with Crippen molar-refractivity contribution in [1.82, 2.24) is 15.2 Å². The van der Waals surface area contributed by atoms with Gasteiger partial charge in [0.25, 0.3) is 11.8 Å². The van der Waals surface area contributed by atoms with Gasteiger partial charge in [-0.15, -0.1) is 0 Å². The van der Waals surface area contributed by atoms with Crippen molar-refractivity contribution in [3.05, 3.63) is 71.3 Å². The number of nitrogens with zero attached hydrogens (tertiary/aromatic N) is 1. The summed E-state index contributed by atoms with van der Waals surface area (Å²) >= 11 is 0. The first-order valence-electron chi connectivity index (χ1n) is 9.31.